The molecule has 0 atom stereocenters. The predicted molar refractivity (Wildman–Crippen MR) is 100 cm³/mol. The van der Waals surface area contributed by atoms with Crippen LogP contribution < -0.4 is 10.1 Å². The van der Waals surface area contributed by atoms with Gasteiger partial charge < -0.3 is 10.1 Å². The predicted octanol–water partition coefficient (Wildman–Crippen LogP) is 2.33. The Morgan fingerprint density at radius 3 is 2.71 bits per heavy atom. The molecule has 0 unspecified atom stereocenters. The third-order valence-electron chi connectivity index (χ3n) is 5.08. The summed E-state index contributed by atoms with van der Waals surface area (Å²) in [6.07, 6.45) is 0.979. The Morgan fingerprint density at radius 2 is 2.00 bits per heavy atom. The SMILES string of the molecule is CC1(C)Cc2cccc(CNCC(C)(C)N3CCS(=O)CC3)c2O1. The summed E-state index contributed by atoms with van der Waals surface area (Å²) in [6, 6.07) is 6.46. The van der Waals surface area contributed by atoms with Gasteiger partial charge in [-0.1, -0.05) is 18.2 Å². The van der Waals surface area contributed by atoms with Crippen LogP contribution in [-0.2, 0) is 23.8 Å². The summed E-state index contributed by atoms with van der Waals surface area (Å²) in [5.41, 5.74) is 2.54. The Hall–Kier alpha value is -0.910. The van der Waals surface area contributed by atoms with E-state index in [1.807, 2.05) is 0 Å². The minimum Gasteiger partial charge on any atom is -0.487 e. The van der Waals surface area contributed by atoms with E-state index in [0.29, 0.717) is 0 Å². The Bertz CT molecular complexity index is 618. The summed E-state index contributed by atoms with van der Waals surface area (Å²) in [7, 11) is -0.617. The maximum atomic E-state index is 11.6. The average molecular weight is 351 g/mol. The molecule has 1 aromatic carbocycles. The molecule has 0 aliphatic carbocycles. The number of para-hydroxylation sites is 1. The molecule has 24 heavy (non-hydrogen) atoms. The molecule has 5 heteroatoms. The molecule has 1 saturated heterocycles. The molecular weight excluding hydrogens is 320 g/mol. The molecule has 0 saturated carbocycles. The fourth-order valence-electron chi connectivity index (χ4n) is 3.68. The molecule has 0 spiro atoms. The van der Waals surface area contributed by atoms with Crippen LogP contribution in [0, 0.1) is 0 Å². The normalized spacial score (nSPS) is 21.5. The summed E-state index contributed by atoms with van der Waals surface area (Å²) >= 11 is 0. The summed E-state index contributed by atoms with van der Waals surface area (Å²) < 4.78 is 17.7. The number of rotatable bonds is 5. The number of nitrogens with zero attached hydrogens (tertiary/aromatic N) is 1. The van der Waals surface area contributed by atoms with Gasteiger partial charge in [-0.25, -0.2) is 0 Å². The van der Waals surface area contributed by atoms with Gasteiger partial charge in [-0.2, -0.15) is 0 Å². The Morgan fingerprint density at radius 1 is 1.29 bits per heavy atom. The highest BCUT2D eigenvalue weighted by Gasteiger charge is 2.32. The van der Waals surface area contributed by atoms with Crippen molar-refractivity contribution in [1.82, 2.24) is 10.2 Å². The second-order valence-corrected chi connectivity index (χ2v) is 9.89. The first-order valence-corrected chi connectivity index (χ1v) is 10.4. The van der Waals surface area contributed by atoms with E-state index >= 15 is 0 Å². The van der Waals surface area contributed by atoms with Gasteiger partial charge in [-0.3, -0.25) is 9.11 Å². The molecule has 1 fully saturated rings. The minimum absolute atomic E-state index is 0.0721. The largest absolute Gasteiger partial charge is 0.487 e. The maximum absolute atomic E-state index is 11.6. The van der Waals surface area contributed by atoms with Crippen LogP contribution >= 0.6 is 0 Å². The Kier molecular flexibility index (Phi) is 5.05. The van der Waals surface area contributed by atoms with Crippen LogP contribution in [-0.4, -0.2) is 51.4 Å². The quantitative estimate of drug-likeness (QED) is 0.885. The summed E-state index contributed by atoms with van der Waals surface area (Å²) in [5, 5.41) is 3.61. The monoisotopic (exact) mass is 350 g/mol. The molecule has 0 bridgehead atoms. The minimum atomic E-state index is -0.617. The van der Waals surface area contributed by atoms with E-state index < -0.39 is 10.8 Å². The van der Waals surface area contributed by atoms with Crippen molar-refractivity contribution >= 4 is 10.8 Å². The zero-order valence-corrected chi connectivity index (χ0v) is 16.2. The van der Waals surface area contributed by atoms with Gasteiger partial charge in [0, 0.05) is 66.0 Å². The molecule has 1 aromatic rings. The zero-order chi connectivity index (χ0) is 17.4. The number of nitrogens with one attached hydrogen (secondary N) is 1. The molecule has 1 N–H and O–H groups in total. The van der Waals surface area contributed by atoms with E-state index in [1.165, 1.54) is 11.1 Å². The molecule has 2 aliphatic rings. The van der Waals surface area contributed by atoms with E-state index in [0.717, 1.165) is 49.9 Å². The first-order valence-electron chi connectivity index (χ1n) is 8.87. The first-order chi connectivity index (χ1) is 11.3. The number of benzene rings is 1. The third-order valence-corrected chi connectivity index (χ3v) is 6.36. The Labute approximate surface area is 148 Å². The van der Waals surface area contributed by atoms with Crippen LogP contribution in [0.2, 0.25) is 0 Å². The summed E-state index contributed by atoms with van der Waals surface area (Å²) in [5.74, 6) is 2.68. The van der Waals surface area contributed by atoms with Crippen molar-refractivity contribution in [2.75, 3.05) is 31.1 Å². The van der Waals surface area contributed by atoms with Gasteiger partial charge in [0.1, 0.15) is 11.4 Å². The lowest BCUT2D eigenvalue weighted by Gasteiger charge is -2.41. The molecule has 2 heterocycles. The van der Waals surface area contributed by atoms with Crippen LogP contribution in [0.3, 0.4) is 0 Å². The smallest absolute Gasteiger partial charge is 0.127 e. The van der Waals surface area contributed by atoms with E-state index in [-0.39, 0.29) is 11.1 Å². The van der Waals surface area contributed by atoms with Crippen LogP contribution in [0.1, 0.15) is 38.8 Å². The van der Waals surface area contributed by atoms with Crippen LogP contribution in [0.4, 0.5) is 0 Å². The van der Waals surface area contributed by atoms with Crippen molar-refractivity contribution in [3.63, 3.8) is 0 Å². The Balaban J connectivity index is 1.57. The summed E-state index contributed by atoms with van der Waals surface area (Å²) in [6.45, 7) is 12.4. The van der Waals surface area contributed by atoms with Gasteiger partial charge in [-0.05, 0) is 33.3 Å². The van der Waals surface area contributed by atoms with E-state index in [4.69, 9.17) is 4.74 Å². The lowest BCUT2D eigenvalue weighted by atomic mass is 10.00. The zero-order valence-electron chi connectivity index (χ0n) is 15.4. The van der Waals surface area contributed by atoms with Gasteiger partial charge in [0.2, 0.25) is 0 Å². The highest BCUT2D eigenvalue weighted by atomic mass is 32.2. The lowest BCUT2D eigenvalue weighted by molar-refractivity contribution is 0.128. The second-order valence-electron chi connectivity index (χ2n) is 8.20. The fraction of sp³-hybridized carbons (Fsp3) is 0.684. The maximum Gasteiger partial charge on any atom is 0.127 e. The number of fused-ring (bicyclic) bond motifs is 1. The first kappa shape index (κ1) is 17.9. The molecule has 0 aromatic heterocycles. The molecule has 0 amide bonds. The van der Waals surface area contributed by atoms with E-state index in [9.17, 15) is 4.21 Å². The molecule has 3 rings (SSSR count). The van der Waals surface area contributed by atoms with E-state index in [2.05, 4.69) is 56.1 Å². The fourth-order valence-corrected chi connectivity index (χ4v) is 4.73. The van der Waals surface area contributed by atoms with Crippen LogP contribution in [0.25, 0.3) is 0 Å². The highest BCUT2D eigenvalue weighted by Crippen LogP contribution is 2.37. The van der Waals surface area contributed by atoms with E-state index in [1.54, 1.807) is 0 Å². The van der Waals surface area contributed by atoms with Crippen molar-refractivity contribution in [2.24, 2.45) is 0 Å². The second kappa shape index (κ2) is 6.77. The van der Waals surface area contributed by atoms with Crippen molar-refractivity contribution in [1.29, 1.82) is 0 Å². The summed E-state index contributed by atoms with van der Waals surface area (Å²) in [4.78, 5) is 2.45. The molecule has 2 aliphatic heterocycles. The van der Waals surface area contributed by atoms with Gasteiger partial charge in [0.25, 0.3) is 0 Å². The van der Waals surface area contributed by atoms with Crippen molar-refractivity contribution < 1.29 is 8.95 Å². The number of ether oxygens (including phenoxy) is 1. The van der Waals surface area contributed by atoms with Crippen molar-refractivity contribution in [2.45, 2.75) is 51.8 Å². The molecule has 134 valence electrons. The van der Waals surface area contributed by atoms with Gasteiger partial charge in [0.05, 0.1) is 0 Å². The lowest BCUT2D eigenvalue weighted by Crippen LogP contribution is -2.55. The standard InChI is InChI=1S/C19H30N2O2S/c1-18(2,21-8-10-24(22)11-9-21)14-20-13-16-7-5-6-15-12-19(3,4)23-17(15)16/h5-7,20H,8-14H2,1-4H3. The molecule has 4 nitrogen and oxygen atoms in total. The third kappa shape index (κ3) is 4.01. The van der Waals surface area contributed by atoms with Gasteiger partial charge in [0.15, 0.2) is 0 Å². The van der Waals surface area contributed by atoms with Crippen LogP contribution in [0.5, 0.6) is 5.75 Å². The van der Waals surface area contributed by atoms with Gasteiger partial charge in [-0.15, -0.1) is 0 Å². The topological polar surface area (TPSA) is 41.6 Å². The molecule has 0 radical (unpaired) electrons. The van der Waals surface area contributed by atoms with Crippen molar-refractivity contribution in [3.05, 3.63) is 29.3 Å². The average Bonchev–Trinajstić information content (AvgIpc) is 2.82. The number of hydrogen-bond acceptors (Lipinski definition) is 4. The van der Waals surface area contributed by atoms with Crippen LogP contribution in [0.15, 0.2) is 18.2 Å². The highest BCUT2D eigenvalue weighted by molar-refractivity contribution is 7.85. The molecular formula is C19H30N2O2S. The number of hydrogen-bond donors (Lipinski definition) is 1. The van der Waals surface area contributed by atoms with Crippen molar-refractivity contribution in [3.8, 4) is 5.75 Å². The van der Waals surface area contributed by atoms with Gasteiger partial charge >= 0.3 is 0 Å².